The second-order valence-corrected chi connectivity index (χ2v) is 10.5. The summed E-state index contributed by atoms with van der Waals surface area (Å²) < 4.78 is 6.36. The number of thiophene rings is 1. The third kappa shape index (κ3) is 4.93. The van der Waals surface area contributed by atoms with Crippen LogP contribution in [0.15, 0.2) is 22.0 Å². The lowest BCUT2D eigenvalue weighted by Crippen LogP contribution is -2.52. The molecule has 2 aliphatic heterocycles. The van der Waals surface area contributed by atoms with Crippen molar-refractivity contribution in [3.8, 4) is 10.6 Å². The zero-order valence-corrected chi connectivity index (χ0v) is 19.3. The molecule has 0 aromatic carbocycles. The monoisotopic (exact) mass is 480 g/mol. The molecule has 8 heteroatoms. The van der Waals surface area contributed by atoms with Gasteiger partial charge in [0.25, 0.3) is 5.91 Å². The van der Waals surface area contributed by atoms with Crippen molar-refractivity contribution in [2.45, 2.75) is 38.1 Å². The molecule has 2 saturated heterocycles. The summed E-state index contributed by atoms with van der Waals surface area (Å²) in [6.07, 6.45) is 6.31. The van der Waals surface area contributed by atoms with E-state index in [2.05, 4.69) is 31.0 Å². The number of fused-ring (bicyclic) bond motifs is 1. The molecule has 158 valence electrons. The normalized spacial score (nSPS) is 22.4. The van der Waals surface area contributed by atoms with Crippen molar-refractivity contribution in [3.05, 3.63) is 27.7 Å². The fraction of sp³-hybridized carbons (Fsp3) is 0.619. The number of nitrogens with one attached hydrogen (secondary N) is 1. The van der Waals surface area contributed by atoms with E-state index >= 15 is 0 Å². The van der Waals surface area contributed by atoms with Gasteiger partial charge in [-0.25, -0.2) is 0 Å². The number of aromatic nitrogens is 2. The zero-order valence-electron chi connectivity index (χ0n) is 16.9. The predicted octanol–water partition coefficient (Wildman–Crippen LogP) is 4.25. The van der Waals surface area contributed by atoms with Gasteiger partial charge in [0.05, 0.1) is 21.0 Å². The number of amides is 1. The molecule has 0 aliphatic carbocycles. The molecule has 0 unspecified atom stereocenters. The summed E-state index contributed by atoms with van der Waals surface area (Å²) in [5.41, 5.74) is 1.36. The fourth-order valence-corrected chi connectivity index (χ4v) is 6.08. The number of carbonyl (C=O) groups excluding carboxylic acids is 1. The topological polar surface area (TPSA) is 61.5 Å². The number of ether oxygens (including phenoxy) is 1. The summed E-state index contributed by atoms with van der Waals surface area (Å²) in [5.74, 6) is 0.532. The highest BCUT2D eigenvalue weighted by Gasteiger charge is 2.35. The summed E-state index contributed by atoms with van der Waals surface area (Å²) >= 11 is 5.12. The molecule has 2 atom stereocenters. The Hall–Kier alpha value is -1.22. The second kappa shape index (κ2) is 9.73. The van der Waals surface area contributed by atoms with Crippen LogP contribution < -0.4 is 0 Å². The van der Waals surface area contributed by atoms with Crippen LogP contribution in [0.4, 0.5) is 0 Å². The first-order valence-corrected chi connectivity index (χ1v) is 12.1. The van der Waals surface area contributed by atoms with Gasteiger partial charge in [-0.15, -0.1) is 11.3 Å². The number of H-pyrrole nitrogens is 1. The number of hydrogen-bond acceptors (Lipinski definition) is 5. The molecule has 0 saturated carbocycles. The van der Waals surface area contributed by atoms with Crippen molar-refractivity contribution < 1.29 is 9.53 Å². The quantitative estimate of drug-likeness (QED) is 0.642. The minimum Gasteiger partial charge on any atom is -0.383 e. The highest BCUT2D eigenvalue weighted by atomic mass is 79.9. The number of piperidine rings is 2. The fourth-order valence-electron chi connectivity index (χ4n) is 4.73. The Labute approximate surface area is 184 Å². The summed E-state index contributed by atoms with van der Waals surface area (Å²) in [6, 6.07) is 6.52. The summed E-state index contributed by atoms with van der Waals surface area (Å²) in [4.78, 5) is 19.0. The molecular formula is C21H29BrN4O2S. The van der Waals surface area contributed by atoms with Gasteiger partial charge < -0.3 is 14.5 Å². The van der Waals surface area contributed by atoms with E-state index in [4.69, 9.17) is 4.74 Å². The molecular weight excluding hydrogens is 452 g/mol. The van der Waals surface area contributed by atoms with Crippen LogP contribution >= 0.6 is 27.3 Å². The van der Waals surface area contributed by atoms with Gasteiger partial charge in [0.1, 0.15) is 0 Å². The van der Waals surface area contributed by atoms with Crippen molar-refractivity contribution in [1.82, 2.24) is 20.0 Å². The first-order chi connectivity index (χ1) is 14.2. The first kappa shape index (κ1) is 21.0. The van der Waals surface area contributed by atoms with Crippen LogP contribution in [0.1, 0.15) is 42.6 Å². The van der Waals surface area contributed by atoms with Crippen LogP contribution in [0.3, 0.4) is 0 Å². The Morgan fingerprint density at radius 1 is 1.34 bits per heavy atom. The highest BCUT2D eigenvalue weighted by molar-refractivity contribution is 9.11. The van der Waals surface area contributed by atoms with Crippen LogP contribution in [0.2, 0.25) is 0 Å². The SMILES string of the molecule is COCCN(C[C@@H]1CCCN2CCCC[C@H]12)C(=O)c1cc(-c2ccc(Br)s2)[nH]n1. The Balaban J connectivity index is 1.48. The lowest BCUT2D eigenvalue weighted by molar-refractivity contribution is 0.0313. The number of rotatable bonds is 7. The van der Waals surface area contributed by atoms with Crippen molar-refractivity contribution in [3.63, 3.8) is 0 Å². The van der Waals surface area contributed by atoms with Gasteiger partial charge >= 0.3 is 0 Å². The number of nitrogens with zero attached hydrogens (tertiary/aromatic N) is 3. The largest absolute Gasteiger partial charge is 0.383 e. The second-order valence-electron chi connectivity index (χ2n) is 8.02. The van der Waals surface area contributed by atoms with E-state index in [1.807, 2.05) is 23.1 Å². The third-order valence-electron chi connectivity index (χ3n) is 6.17. The van der Waals surface area contributed by atoms with Gasteiger partial charge in [0.15, 0.2) is 5.69 Å². The molecule has 0 spiro atoms. The van der Waals surface area contributed by atoms with Gasteiger partial charge in [-0.2, -0.15) is 5.10 Å². The minimum absolute atomic E-state index is 0.00638. The number of aromatic amines is 1. The van der Waals surface area contributed by atoms with E-state index in [1.165, 1.54) is 45.2 Å². The molecule has 4 heterocycles. The molecule has 6 nitrogen and oxygen atoms in total. The standard InChI is InChI=1S/C21H29BrN4O2S/c1-28-12-11-26(14-15-5-4-10-25-9-3-2-6-18(15)25)21(27)17-13-16(23-24-17)19-7-8-20(22)29-19/h7-8,13,15,18H,2-6,9-12,14H2,1H3,(H,23,24)/t15-,18+/m0/s1. The van der Waals surface area contributed by atoms with Crippen molar-refractivity contribution in [2.75, 3.05) is 39.9 Å². The lowest BCUT2D eigenvalue weighted by Gasteiger charge is -2.45. The Bertz CT molecular complexity index is 821. The van der Waals surface area contributed by atoms with Gasteiger partial charge in [-0.3, -0.25) is 9.89 Å². The Kier molecular flexibility index (Phi) is 7.05. The van der Waals surface area contributed by atoms with E-state index < -0.39 is 0 Å². The maximum absolute atomic E-state index is 13.3. The van der Waals surface area contributed by atoms with Crippen LogP contribution in [0, 0.1) is 5.92 Å². The Morgan fingerprint density at radius 3 is 3.00 bits per heavy atom. The third-order valence-corrected chi connectivity index (χ3v) is 7.83. The molecule has 1 amide bonds. The molecule has 2 aromatic heterocycles. The van der Waals surface area contributed by atoms with Crippen molar-refractivity contribution >= 4 is 33.2 Å². The molecule has 0 bridgehead atoms. The Morgan fingerprint density at radius 2 is 2.21 bits per heavy atom. The molecule has 1 N–H and O–H groups in total. The van der Waals surface area contributed by atoms with E-state index in [-0.39, 0.29) is 5.91 Å². The summed E-state index contributed by atoms with van der Waals surface area (Å²) in [5, 5.41) is 7.36. The number of halogens is 1. The minimum atomic E-state index is -0.00638. The van der Waals surface area contributed by atoms with E-state index in [0.29, 0.717) is 30.8 Å². The number of hydrogen-bond donors (Lipinski definition) is 1. The number of carbonyl (C=O) groups is 1. The van der Waals surface area contributed by atoms with Crippen LogP contribution in [0.25, 0.3) is 10.6 Å². The van der Waals surface area contributed by atoms with Crippen molar-refractivity contribution in [2.24, 2.45) is 5.92 Å². The van der Waals surface area contributed by atoms with Gasteiger partial charge in [0, 0.05) is 26.2 Å². The lowest BCUT2D eigenvalue weighted by atomic mass is 9.83. The predicted molar refractivity (Wildman–Crippen MR) is 119 cm³/mol. The average Bonchev–Trinajstić information content (AvgIpc) is 3.40. The van der Waals surface area contributed by atoms with E-state index in [9.17, 15) is 4.79 Å². The maximum Gasteiger partial charge on any atom is 0.274 e. The molecule has 2 aliphatic rings. The highest BCUT2D eigenvalue weighted by Crippen LogP contribution is 2.32. The summed E-state index contributed by atoms with van der Waals surface area (Å²) in [7, 11) is 1.69. The van der Waals surface area contributed by atoms with Crippen LogP contribution in [-0.4, -0.2) is 71.8 Å². The van der Waals surface area contributed by atoms with Gasteiger partial charge in [0.2, 0.25) is 0 Å². The molecule has 2 aromatic rings. The van der Waals surface area contributed by atoms with Gasteiger partial charge in [-0.05, 0) is 78.8 Å². The molecule has 0 radical (unpaired) electrons. The van der Waals surface area contributed by atoms with Gasteiger partial charge in [-0.1, -0.05) is 6.42 Å². The average molecular weight is 481 g/mol. The number of methoxy groups -OCH3 is 1. The van der Waals surface area contributed by atoms with E-state index in [0.717, 1.165) is 20.9 Å². The molecule has 29 heavy (non-hydrogen) atoms. The summed E-state index contributed by atoms with van der Waals surface area (Å²) in [6.45, 7) is 4.36. The smallest absolute Gasteiger partial charge is 0.274 e. The van der Waals surface area contributed by atoms with E-state index in [1.54, 1.807) is 18.4 Å². The van der Waals surface area contributed by atoms with Crippen LogP contribution in [0.5, 0.6) is 0 Å². The zero-order chi connectivity index (χ0) is 20.2. The van der Waals surface area contributed by atoms with Crippen LogP contribution in [-0.2, 0) is 4.74 Å². The first-order valence-electron chi connectivity index (χ1n) is 10.5. The van der Waals surface area contributed by atoms with Crippen molar-refractivity contribution in [1.29, 1.82) is 0 Å². The molecule has 2 fully saturated rings. The maximum atomic E-state index is 13.3. The molecule has 4 rings (SSSR count).